The van der Waals surface area contributed by atoms with Crippen LogP contribution >= 0.6 is 0 Å². The summed E-state index contributed by atoms with van der Waals surface area (Å²) in [6.45, 7) is 7.11. The second-order valence-electron chi connectivity index (χ2n) is 6.11. The summed E-state index contributed by atoms with van der Waals surface area (Å²) in [5.41, 5.74) is 2.18. The Labute approximate surface area is 154 Å². The van der Waals surface area contributed by atoms with Crippen molar-refractivity contribution < 1.29 is 9.59 Å². The molecule has 1 aromatic heterocycles. The van der Waals surface area contributed by atoms with Gasteiger partial charge in [-0.15, -0.1) is 0 Å². The minimum atomic E-state index is -0.109. The van der Waals surface area contributed by atoms with Crippen LogP contribution < -0.4 is 10.6 Å². The highest BCUT2D eigenvalue weighted by molar-refractivity contribution is 5.95. The highest BCUT2D eigenvalue weighted by Gasteiger charge is 2.14. The summed E-state index contributed by atoms with van der Waals surface area (Å²) in [6.07, 6.45) is 3.50. The Balaban J connectivity index is 2.10. The molecule has 2 amide bonds. The molecular formula is C20H26N4O2. The van der Waals surface area contributed by atoms with Crippen molar-refractivity contribution in [2.24, 2.45) is 0 Å². The standard InChI is InChI=1S/C20H26N4O2/c1-4-12-24(13-5-2)20(26)16-10-11-21-19(14-16)23-18-8-6-17(7-9-18)22-15(3)25/h6-11,14H,4-5,12-13H2,1-3H3,(H,21,23)(H,22,25). The molecule has 26 heavy (non-hydrogen) atoms. The molecule has 0 fully saturated rings. The SMILES string of the molecule is CCCN(CCC)C(=O)c1ccnc(Nc2ccc(NC(C)=O)cc2)c1. The lowest BCUT2D eigenvalue weighted by Crippen LogP contribution is -2.32. The number of nitrogens with zero attached hydrogens (tertiary/aromatic N) is 2. The molecule has 2 N–H and O–H groups in total. The van der Waals surface area contributed by atoms with Crippen LogP contribution in [0.4, 0.5) is 17.2 Å². The third-order valence-electron chi connectivity index (χ3n) is 3.76. The number of rotatable bonds is 8. The van der Waals surface area contributed by atoms with E-state index in [4.69, 9.17) is 0 Å². The Morgan fingerprint density at radius 3 is 2.19 bits per heavy atom. The molecule has 6 heteroatoms. The summed E-state index contributed by atoms with van der Waals surface area (Å²) in [7, 11) is 0. The molecule has 0 saturated heterocycles. The van der Waals surface area contributed by atoms with Crippen LogP contribution in [0.5, 0.6) is 0 Å². The van der Waals surface area contributed by atoms with E-state index in [1.807, 2.05) is 29.2 Å². The van der Waals surface area contributed by atoms with Crippen LogP contribution in [0, 0.1) is 0 Å². The summed E-state index contributed by atoms with van der Waals surface area (Å²) in [6, 6.07) is 10.8. The predicted molar refractivity (Wildman–Crippen MR) is 105 cm³/mol. The number of hydrogen-bond acceptors (Lipinski definition) is 4. The van der Waals surface area contributed by atoms with Gasteiger partial charge in [-0.2, -0.15) is 0 Å². The molecule has 138 valence electrons. The van der Waals surface area contributed by atoms with Gasteiger partial charge in [0, 0.05) is 43.1 Å². The van der Waals surface area contributed by atoms with Crippen molar-refractivity contribution in [2.45, 2.75) is 33.6 Å². The molecule has 1 heterocycles. The summed E-state index contributed by atoms with van der Waals surface area (Å²) >= 11 is 0. The van der Waals surface area contributed by atoms with E-state index in [2.05, 4.69) is 29.5 Å². The van der Waals surface area contributed by atoms with E-state index in [1.165, 1.54) is 6.92 Å². The molecule has 0 radical (unpaired) electrons. The van der Waals surface area contributed by atoms with E-state index in [9.17, 15) is 9.59 Å². The van der Waals surface area contributed by atoms with E-state index in [1.54, 1.807) is 18.3 Å². The molecule has 0 aliphatic carbocycles. The van der Waals surface area contributed by atoms with Crippen LogP contribution in [-0.2, 0) is 4.79 Å². The Hall–Kier alpha value is -2.89. The fourth-order valence-electron chi connectivity index (χ4n) is 2.66. The average Bonchev–Trinajstić information content (AvgIpc) is 2.62. The van der Waals surface area contributed by atoms with Crippen molar-refractivity contribution in [3.8, 4) is 0 Å². The first-order chi connectivity index (χ1) is 12.5. The maximum Gasteiger partial charge on any atom is 0.254 e. The first-order valence-corrected chi connectivity index (χ1v) is 8.93. The van der Waals surface area contributed by atoms with Gasteiger partial charge in [-0.25, -0.2) is 4.98 Å². The topological polar surface area (TPSA) is 74.3 Å². The zero-order valence-corrected chi connectivity index (χ0v) is 15.6. The van der Waals surface area contributed by atoms with Crippen molar-refractivity contribution in [3.63, 3.8) is 0 Å². The van der Waals surface area contributed by atoms with E-state index in [0.717, 1.165) is 37.3 Å². The van der Waals surface area contributed by atoms with E-state index >= 15 is 0 Å². The van der Waals surface area contributed by atoms with E-state index in [-0.39, 0.29) is 11.8 Å². The number of pyridine rings is 1. The quantitative estimate of drug-likeness (QED) is 0.750. The van der Waals surface area contributed by atoms with Gasteiger partial charge in [0.05, 0.1) is 0 Å². The van der Waals surface area contributed by atoms with Crippen molar-refractivity contribution in [1.82, 2.24) is 9.88 Å². The Kier molecular flexibility index (Phi) is 7.14. The zero-order valence-electron chi connectivity index (χ0n) is 15.6. The minimum Gasteiger partial charge on any atom is -0.340 e. The normalized spacial score (nSPS) is 10.3. The highest BCUT2D eigenvalue weighted by atomic mass is 16.2. The number of benzene rings is 1. The minimum absolute atomic E-state index is 0.0279. The maximum absolute atomic E-state index is 12.7. The molecule has 1 aromatic carbocycles. The smallest absolute Gasteiger partial charge is 0.254 e. The first-order valence-electron chi connectivity index (χ1n) is 8.93. The maximum atomic E-state index is 12.7. The van der Waals surface area contributed by atoms with Gasteiger partial charge in [0.25, 0.3) is 5.91 Å². The number of carbonyl (C=O) groups is 2. The fourth-order valence-corrected chi connectivity index (χ4v) is 2.66. The van der Waals surface area contributed by atoms with Crippen LogP contribution in [0.15, 0.2) is 42.6 Å². The molecule has 0 bridgehead atoms. The number of anilines is 3. The lowest BCUT2D eigenvalue weighted by molar-refractivity contribution is -0.114. The van der Waals surface area contributed by atoms with Gasteiger partial charge in [0.15, 0.2) is 0 Å². The van der Waals surface area contributed by atoms with Crippen LogP contribution in [-0.4, -0.2) is 34.8 Å². The highest BCUT2D eigenvalue weighted by Crippen LogP contribution is 2.19. The van der Waals surface area contributed by atoms with Crippen LogP contribution in [0.3, 0.4) is 0 Å². The van der Waals surface area contributed by atoms with Gasteiger partial charge in [0.1, 0.15) is 5.82 Å². The second-order valence-corrected chi connectivity index (χ2v) is 6.11. The van der Waals surface area contributed by atoms with Crippen molar-refractivity contribution in [1.29, 1.82) is 0 Å². The Bertz CT molecular complexity index is 738. The van der Waals surface area contributed by atoms with Crippen LogP contribution in [0.1, 0.15) is 44.0 Å². The van der Waals surface area contributed by atoms with Gasteiger partial charge in [-0.3, -0.25) is 9.59 Å². The number of hydrogen-bond donors (Lipinski definition) is 2. The number of amides is 2. The van der Waals surface area contributed by atoms with Gasteiger partial charge < -0.3 is 15.5 Å². The average molecular weight is 354 g/mol. The van der Waals surface area contributed by atoms with Gasteiger partial charge in [-0.1, -0.05) is 13.8 Å². The summed E-state index contributed by atoms with van der Waals surface area (Å²) in [5, 5.41) is 5.91. The molecule has 0 saturated carbocycles. The van der Waals surface area contributed by atoms with Crippen LogP contribution in [0.25, 0.3) is 0 Å². The molecule has 0 atom stereocenters. The molecule has 0 spiro atoms. The number of aromatic nitrogens is 1. The molecule has 2 rings (SSSR count). The molecular weight excluding hydrogens is 328 g/mol. The second kappa shape index (κ2) is 9.56. The van der Waals surface area contributed by atoms with E-state index < -0.39 is 0 Å². The van der Waals surface area contributed by atoms with Gasteiger partial charge in [0.2, 0.25) is 5.91 Å². The molecule has 0 aliphatic rings. The summed E-state index contributed by atoms with van der Waals surface area (Å²) in [5.74, 6) is 0.526. The summed E-state index contributed by atoms with van der Waals surface area (Å²) < 4.78 is 0. The monoisotopic (exact) mass is 354 g/mol. The lowest BCUT2D eigenvalue weighted by atomic mass is 10.2. The third-order valence-corrected chi connectivity index (χ3v) is 3.76. The summed E-state index contributed by atoms with van der Waals surface area (Å²) in [4.78, 5) is 29.9. The van der Waals surface area contributed by atoms with Crippen molar-refractivity contribution >= 4 is 29.0 Å². The lowest BCUT2D eigenvalue weighted by Gasteiger charge is -2.21. The molecule has 0 aliphatic heterocycles. The van der Waals surface area contributed by atoms with Crippen molar-refractivity contribution in [2.75, 3.05) is 23.7 Å². The largest absolute Gasteiger partial charge is 0.340 e. The zero-order chi connectivity index (χ0) is 18.9. The van der Waals surface area contributed by atoms with E-state index in [0.29, 0.717) is 11.4 Å². The third kappa shape index (κ3) is 5.58. The van der Waals surface area contributed by atoms with Gasteiger partial charge >= 0.3 is 0 Å². The number of nitrogens with one attached hydrogen (secondary N) is 2. The van der Waals surface area contributed by atoms with Gasteiger partial charge in [-0.05, 0) is 49.2 Å². The first kappa shape index (κ1) is 19.4. The molecule has 2 aromatic rings. The molecule has 6 nitrogen and oxygen atoms in total. The van der Waals surface area contributed by atoms with Crippen molar-refractivity contribution in [3.05, 3.63) is 48.2 Å². The van der Waals surface area contributed by atoms with Crippen LogP contribution in [0.2, 0.25) is 0 Å². The molecule has 0 unspecified atom stereocenters. The Morgan fingerprint density at radius 2 is 1.62 bits per heavy atom. The predicted octanol–water partition coefficient (Wildman–Crippen LogP) is 4.05. The Morgan fingerprint density at radius 1 is 1.00 bits per heavy atom. The fraction of sp³-hybridized carbons (Fsp3) is 0.350. The number of carbonyl (C=O) groups excluding carboxylic acids is 2.